The number of hydrogen-bond acceptors (Lipinski definition) is 7. The fraction of sp³-hybridized carbons (Fsp3) is 0. The third kappa shape index (κ3) is 44.2. The molecule has 0 bridgehead atoms. The van der Waals surface area contributed by atoms with Crippen molar-refractivity contribution < 1.29 is 118 Å². The summed E-state index contributed by atoms with van der Waals surface area (Å²) in [6.45, 7) is 0. The van der Waals surface area contributed by atoms with Crippen LogP contribution < -0.4 is 20.4 Å². The molecule has 0 rings (SSSR count). The Kier molecular flexibility index (Phi) is 27.9. The normalized spacial score (nSPS) is 5.67. The van der Waals surface area contributed by atoms with Crippen LogP contribution in [0.3, 0.4) is 0 Å². The van der Waals surface area contributed by atoms with Crippen molar-refractivity contribution >= 4 is 18.1 Å². The van der Waals surface area contributed by atoms with E-state index in [9.17, 15) is 0 Å². The van der Waals surface area contributed by atoms with Crippen molar-refractivity contribution in [3.63, 3.8) is 0 Å². The number of aliphatic carboxylic acids is 2. The van der Waals surface area contributed by atoms with Crippen LogP contribution in [-0.4, -0.2) is 18.1 Å². The van der Waals surface area contributed by atoms with Gasteiger partial charge in [-0.15, -0.1) is 0 Å². The molecular weight excluding hydrogens is 428 g/mol. The number of carbonyl (C=O) groups excluding carboxylic acids is 3. The molecule has 0 unspecified atom stereocenters. The van der Waals surface area contributed by atoms with Crippen LogP contribution in [0.1, 0.15) is 0 Å². The third-order valence-corrected chi connectivity index (χ3v) is 0.167. The van der Waals surface area contributed by atoms with E-state index < -0.39 is 18.1 Å². The maximum Gasteiger partial charge on any atom is 3.00 e. The minimum absolute atomic E-state index is 0. The topological polar surface area (TPSA) is 143 Å². The van der Waals surface area contributed by atoms with Crippen LogP contribution in [0.4, 0.5) is 4.79 Å². The van der Waals surface area contributed by atoms with Crippen molar-refractivity contribution in [3.05, 3.63) is 0 Å². The second-order valence-electron chi connectivity index (χ2n) is 0.825. The van der Waals surface area contributed by atoms with Gasteiger partial charge in [0.1, 0.15) is 0 Å². The SMILES string of the molecule is O=C([O-])C(=O)[O-].O=C([O-])[O-].[Ce+3].[Ce+3]. The fourth-order valence-corrected chi connectivity index (χ4v) is 0. The molecule has 0 heterocycles. The molecule has 9 heteroatoms. The standard InChI is InChI=1S/C2H2O4.CH2O3.2Ce/c3-1(4)2(5)6;2-1(3)4;;/h(H,3,4)(H,5,6);(H2,2,3,4);;/q;;2*+3/p-4. The van der Waals surface area contributed by atoms with Crippen LogP contribution in [0.5, 0.6) is 0 Å². The Balaban J connectivity index is -0.0000000483. The van der Waals surface area contributed by atoms with E-state index in [1.807, 2.05) is 0 Å². The molecule has 0 aromatic carbocycles. The van der Waals surface area contributed by atoms with Crippen LogP contribution in [-0.2, 0) is 9.59 Å². The molecule has 0 atom stereocenters. The van der Waals surface area contributed by atoms with E-state index in [4.69, 9.17) is 34.8 Å². The molecule has 0 amide bonds. The quantitative estimate of drug-likeness (QED) is 0.350. The summed E-state index contributed by atoms with van der Waals surface area (Å²) in [5.74, 6) is -4.37. The molecule has 2 radical (unpaired) electrons. The molecule has 0 saturated heterocycles. The van der Waals surface area contributed by atoms with Gasteiger partial charge in [0.25, 0.3) is 0 Å². The third-order valence-electron chi connectivity index (χ3n) is 0.167. The summed E-state index contributed by atoms with van der Waals surface area (Å²) in [7, 11) is 0. The van der Waals surface area contributed by atoms with Crippen molar-refractivity contribution in [2.75, 3.05) is 0 Å². The molecule has 7 nitrogen and oxygen atoms in total. The van der Waals surface area contributed by atoms with Crippen LogP contribution in [0.25, 0.3) is 0 Å². The van der Waals surface area contributed by atoms with E-state index >= 15 is 0 Å². The van der Waals surface area contributed by atoms with E-state index in [1.165, 1.54) is 0 Å². The van der Waals surface area contributed by atoms with E-state index in [-0.39, 0.29) is 83.5 Å². The van der Waals surface area contributed by atoms with Gasteiger partial charge in [0.05, 0.1) is 11.9 Å². The minimum atomic E-state index is -2.33. The van der Waals surface area contributed by atoms with Gasteiger partial charge >= 0.3 is 83.5 Å². The van der Waals surface area contributed by atoms with Crippen LogP contribution in [0.2, 0.25) is 0 Å². The summed E-state index contributed by atoms with van der Waals surface area (Å²) in [6.07, 6.45) is -2.33. The first-order valence-electron chi connectivity index (χ1n) is 1.68. The van der Waals surface area contributed by atoms with Gasteiger partial charge in [0.15, 0.2) is 0 Å². The zero-order valence-corrected chi connectivity index (χ0v) is 11.6. The Labute approximate surface area is 134 Å². The van der Waals surface area contributed by atoms with E-state index in [0.717, 1.165) is 0 Å². The second kappa shape index (κ2) is 14.5. The number of carbonyl (C=O) groups is 3. The Bertz CT molecular complexity index is 139. The summed E-state index contributed by atoms with van der Waals surface area (Å²) in [5.41, 5.74) is 0. The predicted octanol–water partition coefficient (Wildman–Crippen LogP) is -5.96. The van der Waals surface area contributed by atoms with Crippen molar-refractivity contribution in [1.29, 1.82) is 0 Å². The van der Waals surface area contributed by atoms with Crippen LogP contribution >= 0.6 is 0 Å². The summed E-state index contributed by atoms with van der Waals surface area (Å²) < 4.78 is 0. The number of rotatable bonds is 0. The monoisotopic (exact) mass is 428 g/mol. The Morgan fingerprint density at radius 3 is 0.750 bits per heavy atom. The molecular formula is C3Ce2O7+2. The fourth-order valence-electron chi connectivity index (χ4n) is 0. The maximum absolute atomic E-state index is 8.93. The van der Waals surface area contributed by atoms with Gasteiger partial charge in [-0.1, -0.05) is 0 Å². The van der Waals surface area contributed by atoms with E-state index in [0.29, 0.717) is 0 Å². The van der Waals surface area contributed by atoms with E-state index in [2.05, 4.69) is 0 Å². The van der Waals surface area contributed by atoms with Gasteiger partial charge in [-0.2, -0.15) is 0 Å². The predicted molar refractivity (Wildman–Crippen MR) is 15.4 cm³/mol. The van der Waals surface area contributed by atoms with Crippen molar-refractivity contribution in [2.24, 2.45) is 0 Å². The van der Waals surface area contributed by atoms with Gasteiger partial charge in [-0.05, 0) is 6.16 Å². The molecule has 0 spiro atoms. The molecule has 0 aromatic heterocycles. The molecule has 0 fully saturated rings. The van der Waals surface area contributed by atoms with Gasteiger partial charge in [-0.25, -0.2) is 0 Å². The average molecular weight is 428 g/mol. The second-order valence-corrected chi connectivity index (χ2v) is 0.825. The summed E-state index contributed by atoms with van der Waals surface area (Å²) in [4.78, 5) is 26.2. The first-order chi connectivity index (χ1) is 4.37. The Hall–Kier alpha value is 0.963. The van der Waals surface area contributed by atoms with Gasteiger partial charge in [-0.3, -0.25) is 0 Å². The molecule has 60 valence electrons. The Morgan fingerprint density at radius 2 is 0.750 bits per heavy atom. The molecule has 0 aliphatic carbocycles. The van der Waals surface area contributed by atoms with Gasteiger partial charge in [0.2, 0.25) is 0 Å². The van der Waals surface area contributed by atoms with Gasteiger partial charge < -0.3 is 34.8 Å². The molecule has 0 saturated carbocycles. The molecule has 0 aliphatic rings. The minimum Gasteiger partial charge on any atom is -0.652 e. The molecule has 12 heavy (non-hydrogen) atoms. The summed E-state index contributed by atoms with van der Waals surface area (Å²) >= 11 is 0. The molecule has 0 aromatic rings. The Morgan fingerprint density at radius 1 is 0.667 bits per heavy atom. The number of carboxylic acids is 2. The first kappa shape index (κ1) is 23.1. The zero-order valence-electron chi connectivity index (χ0n) is 5.36. The summed E-state index contributed by atoms with van der Waals surface area (Å²) in [6, 6.07) is 0. The van der Waals surface area contributed by atoms with Crippen molar-refractivity contribution in [1.82, 2.24) is 0 Å². The average Bonchev–Trinajstić information content (AvgIpc) is 1.63. The van der Waals surface area contributed by atoms with Crippen molar-refractivity contribution in [3.8, 4) is 0 Å². The number of carboxylic acid groups (broad SMARTS) is 4. The number of hydrogen-bond donors (Lipinski definition) is 0. The largest absolute Gasteiger partial charge is 3.00 e. The van der Waals surface area contributed by atoms with Gasteiger partial charge in [0, 0.05) is 0 Å². The maximum atomic E-state index is 8.93. The summed E-state index contributed by atoms with van der Waals surface area (Å²) in [5, 5.41) is 34.5. The zero-order chi connectivity index (χ0) is 8.73. The van der Waals surface area contributed by atoms with E-state index in [1.54, 1.807) is 0 Å². The van der Waals surface area contributed by atoms with Crippen molar-refractivity contribution in [2.45, 2.75) is 0 Å². The smallest absolute Gasteiger partial charge is 0.652 e. The first-order valence-corrected chi connectivity index (χ1v) is 1.68. The van der Waals surface area contributed by atoms with Crippen LogP contribution in [0.15, 0.2) is 0 Å². The molecule has 0 aliphatic heterocycles. The van der Waals surface area contributed by atoms with Crippen LogP contribution in [0, 0.1) is 83.5 Å². The molecule has 0 N–H and O–H groups in total.